The minimum absolute atomic E-state index is 0.0641. The van der Waals surface area contributed by atoms with Gasteiger partial charge in [0.1, 0.15) is 10.6 Å². The molecule has 9 heteroatoms. The lowest BCUT2D eigenvalue weighted by atomic mass is 10.3. The fourth-order valence-corrected chi connectivity index (χ4v) is 3.05. The number of para-hydroxylation sites is 3. The van der Waals surface area contributed by atoms with Gasteiger partial charge in [-0.25, -0.2) is 8.42 Å². The van der Waals surface area contributed by atoms with Crippen LogP contribution in [0.25, 0.3) is 0 Å². The standard InChI is InChI=1S/C14H12F3NO4S/c1-21-12-8-4-5-9-13(12)23(19,20)18-10-6-2-3-7-11(10)22-14(15,16)17/h2-9,18H,1H3. The summed E-state index contributed by atoms with van der Waals surface area (Å²) in [6, 6.07) is 10.6. The minimum atomic E-state index is -4.94. The van der Waals surface area contributed by atoms with Crippen molar-refractivity contribution in [1.29, 1.82) is 0 Å². The molecule has 1 N–H and O–H groups in total. The van der Waals surface area contributed by atoms with Crippen molar-refractivity contribution in [3.63, 3.8) is 0 Å². The van der Waals surface area contributed by atoms with Crippen LogP contribution >= 0.6 is 0 Å². The average Bonchev–Trinajstić information content (AvgIpc) is 2.47. The van der Waals surface area contributed by atoms with Gasteiger partial charge in [0.05, 0.1) is 12.8 Å². The number of anilines is 1. The van der Waals surface area contributed by atoms with Gasteiger partial charge in [-0.1, -0.05) is 24.3 Å². The molecule has 0 heterocycles. The zero-order chi connectivity index (χ0) is 17.1. The van der Waals surface area contributed by atoms with Gasteiger partial charge in [0.15, 0.2) is 5.75 Å². The maximum Gasteiger partial charge on any atom is 0.573 e. The molecule has 0 aliphatic carbocycles. The fraction of sp³-hybridized carbons (Fsp3) is 0.143. The molecule has 0 unspecified atom stereocenters. The second kappa shape index (κ2) is 6.37. The molecule has 0 fully saturated rings. The summed E-state index contributed by atoms with van der Waals surface area (Å²) in [4.78, 5) is -0.204. The highest BCUT2D eigenvalue weighted by molar-refractivity contribution is 7.92. The lowest BCUT2D eigenvalue weighted by Gasteiger charge is -2.15. The Balaban J connectivity index is 2.39. The smallest absolute Gasteiger partial charge is 0.495 e. The van der Waals surface area contributed by atoms with Crippen LogP contribution in [0.5, 0.6) is 11.5 Å². The quantitative estimate of drug-likeness (QED) is 0.900. The van der Waals surface area contributed by atoms with Crippen molar-refractivity contribution < 1.29 is 31.1 Å². The summed E-state index contributed by atoms with van der Waals surface area (Å²) < 4.78 is 72.7. The summed E-state index contributed by atoms with van der Waals surface area (Å²) in [5.74, 6) is -0.590. The number of methoxy groups -OCH3 is 1. The molecule has 124 valence electrons. The highest BCUT2D eigenvalue weighted by Crippen LogP contribution is 2.32. The van der Waals surface area contributed by atoms with E-state index in [4.69, 9.17) is 4.74 Å². The summed E-state index contributed by atoms with van der Waals surface area (Å²) in [6.07, 6.45) is -4.94. The number of benzene rings is 2. The van der Waals surface area contributed by atoms with E-state index in [1.54, 1.807) is 6.07 Å². The van der Waals surface area contributed by atoms with E-state index in [0.29, 0.717) is 0 Å². The van der Waals surface area contributed by atoms with E-state index < -0.39 is 22.1 Å². The second-order valence-corrected chi connectivity index (χ2v) is 5.95. The van der Waals surface area contributed by atoms with Gasteiger partial charge < -0.3 is 9.47 Å². The molecule has 0 aromatic heterocycles. The van der Waals surface area contributed by atoms with Gasteiger partial charge in [-0.15, -0.1) is 13.2 Å². The Labute approximate surface area is 130 Å². The Morgan fingerprint density at radius 3 is 2.13 bits per heavy atom. The van der Waals surface area contributed by atoms with Crippen LogP contribution in [0.3, 0.4) is 0 Å². The summed E-state index contributed by atoms with van der Waals surface area (Å²) in [6.45, 7) is 0. The molecule has 0 radical (unpaired) electrons. The van der Waals surface area contributed by atoms with Crippen LogP contribution in [0.1, 0.15) is 0 Å². The van der Waals surface area contributed by atoms with Crippen LogP contribution in [0, 0.1) is 0 Å². The van der Waals surface area contributed by atoms with Crippen LogP contribution < -0.4 is 14.2 Å². The van der Waals surface area contributed by atoms with Gasteiger partial charge >= 0.3 is 6.36 Å². The summed E-state index contributed by atoms with van der Waals surface area (Å²) >= 11 is 0. The normalized spacial score (nSPS) is 11.8. The van der Waals surface area contributed by atoms with Crippen LogP contribution in [0.4, 0.5) is 18.9 Å². The van der Waals surface area contributed by atoms with Crippen LogP contribution in [-0.4, -0.2) is 21.9 Å². The van der Waals surface area contributed by atoms with Gasteiger partial charge in [0.2, 0.25) is 0 Å². The molecular weight excluding hydrogens is 335 g/mol. The largest absolute Gasteiger partial charge is 0.573 e. The molecule has 0 aliphatic rings. The van der Waals surface area contributed by atoms with Gasteiger partial charge in [-0.05, 0) is 24.3 Å². The first-order valence-electron chi connectivity index (χ1n) is 6.23. The lowest BCUT2D eigenvalue weighted by Crippen LogP contribution is -2.20. The second-order valence-electron chi connectivity index (χ2n) is 4.30. The van der Waals surface area contributed by atoms with Crippen LogP contribution in [-0.2, 0) is 10.0 Å². The van der Waals surface area contributed by atoms with Crippen molar-refractivity contribution >= 4 is 15.7 Å². The van der Waals surface area contributed by atoms with Crippen molar-refractivity contribution in [2.24, 2.45) is 0 Å². The van der Waals surface area contributed by atoms with E-state index >= 15 is 0 Å². The maximum atomic E-state index is 12.4. The Kier molecular flexibility index (Phi) is 4.69. The molecule has 0 amide bonds. The molecular formula is C14H12F3NO4S. The van der Waals surface area contributed by atoms with E-state index in [-0.39, 0.29) is 16.3 Å². The van der Waals surface area contributed by atoms with Gasteiger partial charge in [0.25, 0.3) is 10.0 Å². The number of alkyl halides is 3. The molecule has 23 heavy (non-hydrogen) atoms. The molecule has 0 bridgehead atoms. The SMILES string of the molecule is COc1ccccc1S(=O)(=O)Nc1ccccc1OC(F)(F)F. The fourth-order valence-electron chi connectivity index (χ4n) is 1.81. The van der Waals surface area contributed by atoms with Crippen molar-refractivity contribution in [3.05, 3.63) is 48.5 Å². The zero-order valence-electron chi connectivity index (χ0n) is 11.8. The van der Waals surface area contributed by atoms with Gasteiger partial charge in [0, 0.05) is 0 Å². The number of nitrogens with one attached hydrogen (secondary N) is 1. The topological polar surface area (TPSA) is 64.6 Å². The monoisotopic (exact) mass is 347 g/mol. The molecule has 2 aromatic rings. The number of rotatable bonds is 5. The Hall–Kier alpha value is -2.42. The molecule has 2 rings (SSSR count). The highest BCUT2D eigenvalue weighted by atomic mass is 32.2. The highest BCUT2D eigenvalue weighted by Gasteiger charge is 2.32. The third kappa shape index (κ3) is 4.28. The first-order chi connectivity index (χ1) is 10.7. The van der Waals surface area contributed by atoms with Crippen LogP contribution in [0.15, 0.2) is 53.4 Å². The Bertz CT molecular complexity index is 791. The molecule has 5 nitrogen and oxygen atoms in total. The van der Waals surface area contributed by atoms with Crippen molar-refractivity contribution in [2.45, 2.75) is 11.3 Å². The van der Waals surface area contributed by atoms with Gasteiger partial charge in [-0.3, -0.25) is 4.72 Å². The molecule has 2 aromatic carbocycles. The predicted octanol–water partition coefficient (Wildman–Crippen LogP) is 3.39. The van der Waals surface area contributed by atoms with E-state index in [1.807, 2.05) is 0 Å². The van der Waals surface area contributed by atoms with E-state index in [2.05, 4.69) is 9.46 Å². The lowest BCUT2D eigenvalue weighted by molar-refractivity contribution is -0.274. The first-order valence-corrected chi connectivity index (χ1v) is 7.72. The average molecular weight is 347 g/mol. The van der Waals surface area contributed by atoms with Crippen molar-refractivity contribution in [1.82, 2.24) is 0 Å². The predicted molar refractivity (Wildman–Crippen MR) is 76.9 cm³/mol. The number of sulfonamides is 1. The maximum absolute atomic E-state index is 12.4. The van der Waals surface area contributed by atoms with Crippen molar-refractivity contribution in [3.8, 4) is 11.5 Å². The van der Waals surface area contributed by atoms with E-state index in [0.717, 1.165) is 12.1 Å². The molecule has 0 saturated carbocycles. The Morgan fingerprint density at radius 2 is 1.52 bits per heavy atom. The van der Waals surface area contributed by atoms with Crippen LogP contribution in [0.2, 0.25) is 0 Å². The first kappa shape index (κ1) is 16.9. The van der Waals surface area contributed by atoms with Crippen molar-refractivity contribution in [2.75, 3.05) is 11.8 Å². The summed E-state index contributed by atoms with van der Waals surface area (Å²) in [7, 11) is -2.87. The summed E-state index contributed by atoms with van der Waals surface area (Å²) in [5.41, 5.74) is -0.337. The number of ether oxygens (including phenoxy) is 2. The number of hydrogen-bond acceptors (Lipinski definition) is 4. The molecule has 0 atom stereocenters. The third-order valence-corrected chi connectivity index (χ3v) is 4.12. The minimum Gasteiger partial charge on any atom is -0.495 e. The Morgan fingerprint density at radius 1 is 0.957 bits per heavy atom. The van der Waals surface area contributed by atoms with Gasteiger partial charge in [-0.2, -0.15) is 0 Å². The third-order valence-electron chi connectivity index (χ3n) is 2.72. The zero-order valence-corrected chi connectivity index (χ0v) is 12.6. The molecule has 0 saturated heterocycles. The van der Waals surface area contributed by atoms with E-state index in [9.17, 15) is 21.6 Å². The van der Waals surface area contributed by atoms with E-state index in [1.165, 1.54) is 37.4 Å². The molecule has 0 spiro atoms. The summed E-state index contributed by atoms with van der Waals surface area (Å²) in [5, 5.41) is 0. The number of hydrogen-bond donors (Lipinski definition) is 1. The molecule has 0 aliphatic heterocycles. The number of halogens is 3.